The minimum atomic E-state index is -0.865. The highest BCUT2D eigenvalue weighted by molar-refractivity contribution is 7.15. The van der Waals surface area contributed by atoms with Crippen molar-refractivity contribution in [1.82, 2.24) is 15.2 Å². The van der Waals surface area contributed by atoms with E-state index < -0.39 is 11.6 Å². The van der Waals surface area contributed by atoms with Gasteiger partial charge >= 0.3 is 6.03 Å². The molecule has 7 nitrogen and oxygen atoms in total. The van der Waals surface area contributed by atoms with Crippen LogP contribution in [-0.4, -0.2) is 39.8 Å². The number of amides is 4. The third kappa shape index (κ3) is 3.84. The Morgan fingerprint density at radius 2 is 2.20 bits per heavy atom. The molecule has 0 radical (unpaired) electrons. The largest absolute Gasteiger partial charge is 0.325 e. The average Bonchev–Trinajstić information content (AvgIpc) is 2.99. The van der Waals surface area contributed by atoms with Gasteiger partial charge in [0, 0.05) is 17.8 Å². The van der Waals surface area contributed by atoms with Crippen molar-refractivity contribution in [2.24, 2.45) is 5.92 Å². The minimum absolute atomic E-state index is 0.134. The smallest absolute Gasteiger partial charge is 0.324 e. The molecular formula is C17H24N4O3S. The first-order valence-electron chi connectivity index (χ1n) is 8.69. The van der Waals surface area contributed by atoms with Crippen LogP contribution in [0.25, 0.3) is 0 Å². The fraction of sp³-hybridized carbons (Fsp3) is 0.647. The molecule has 1 fully saturated rings. The van der Waals surface area contributed by atoms with Gasteiger partial charge in [-0.25, -0.2) is 9.78 Å². The molecule has 1 aliphatic heterocycles. The van der Waals surface area contributed by atoms with Crippen molar-refractivity contribution < 1.29 is 14.4 Å². The van der Waals surface area contributed by atoms with Crippen molar-refractivity contribution in [2.45, 2.75) is 58.4 Å². The summed E-state index contributed by atoms with van der Waals surface area (Å²) in [5, 5.41) is 6.13. The maximum Gasteiger partial charge on any atom is 0.325 e. The fourth-order valence-electron chi connectivity index (χ4n) is 3.19. The normalized spacial score (nSPS) is 21.9. The van der Waals surface area contributed by atoms with Crippen LogP contribution < -0.4 is 10.6 Å². The van der Waals surface area contributed by atoms with E-state index in [9.17, 15) is 14.4 Å². The molecule has 3 rings (SSSR count). The summed E-state index contributed by atoms with van der Waals surface area (Å²) in [7, 11) is 0. The van der Waals surface area contributed by atoms with Gasteiger partial charge in [0.15, 0.2) is 5.13 Å². The van der Waals surface area contributed by atoms with Crippen molar-refractivity contribution >= 4 is 34.3 Å². The molecule has 0 aromatic carbocycles. The average molecular weight is 364 g/mol. The molecule has 2 N–H and O–H groups in total. The molecule has 2 heterocycles. The van der Waals surface area contributed by atoms with Crippen LogP contribution in [0.4, 0.5) is 9.93 Å². The number of fused-ring (bicyclic) bond motifs is 1. The summed E-state index contributed by atoms with van der Waals surface area (Å²) in [5.74, 6) is 0.287. The minimum Gasteiger partial charge on any atom is -0.324 e. The number of hydrogen-bond acceptors (Lipinski definition) is 5. The number of rotatable bonds is 5. The molecule has 0 bridgehead atoms. The van der Waals surface area contributed by atoms with Gasteiger partial charge in [0.05, 0.1) is 5.69 Å². The van der Waals surface area contributed by atoms with E-state index in [1.807, 2.05) is 0 Å². The highest BCUT2D eigenvalue weighted by Gasteiger charge is 2.43. The first-order chi connectivity index (χ1) is 11.8. The van der Waals surface area contributed by atoms with Gasteiger partial charge in [-0.15, -0.1) is 11.3 Å². The van der Waals surface area contributed by atoms with Crippen LogP contribution in [0.5, 0.6) is 0 Å². The Morgan fingerprint density at radius 3 is 2.88 bits per heavy atom. The van der Waals surface area contributed by atoms with Gasteiger partial charge in [0.1, 0.15) is 5.54 Å². The third-order valence-corrected chi connectivity index (χ3v) is 5.70. The zero-order valence-corrected chi connectivity index (χ0v) is 15.7. The number of anilines is 1. The van der Waals surface area contributed by atoms with Crippen molar-refractivity contribution in [1.29, 1.82) is 0 Å². The fourth-order valence-corrected chi connectivity index (χ4v) is 4.38. The van der Waals surface area contributed by atoms with Crippen LogP contribution in [-0.2, 0) is 22.4 Å². The molecule has 2 aliphatic rings. The molecular weight excluding hydrogens is 340 g/mol. The molecule has 0 spiro atoms. The van der Waals surface area contributed by atoms with E-state index in [1.54, 1.807) is 25.2 Å². The van der Waals surface area contributed by atoms with E-state index >= 15 is 0 Å². The topological polar surface area (TPSA) is 91.4 Å². The number of aryl methyl sites for hydroxylation is 1. The van der Waals surface area contributed by atoms with E-state index in [1.165, 1.54) is 9.78 Å². The second kappa shape index (κ2) is 6.74. The maximum atomic E-state index is 12.1. The number of nitrogens with zero attached hydrogens (tertiary/aromatic N) is 2. The Kier molecular flexibility index (Phi) is 4.81. The Labute approximate surface area is 151 Å². The molecule has 1 unspecified atom stereocenters. The molecule has 1 aromatic rings. The summed E-state index contributed by atoms with van der Waals surface area (Å²) in [4.78, 5) is 42.9. The summed E-state index contributed by atoms with van der Waals surface area (Å²) in [6.45, 7) is 5.82. The number of carbonyl (C=O) groups excluding carboxylic acids is 3. The Hall–Kier alpha value is -1.96. The number of urea groups is 1. The van der Waals surface area contributed by atoms with E-state index in [4.69, 9.17) is 0 Å². The van der Waals surface area contributed by atoms with E-state index in [2.05, 4.69) is 22.5 Å². The summed E-state index contributed by atoms with van der Waals surface area (Å²) in [6, 6.07) is -0.392. The number of carbonyl (C=O) groups is 3. The molecule has 1 atom stereocenters. The van der Waals surface area contributed by atoms with Crippen LogP contribution in [0.1, 0.15) is 50.6 Å². The van der Waals surface area contributed by atoms with Crippen molar-refractivity contribution in [3.8, 4) is 0 Å². The van der Waals surface area contributed by atoms with Crippen LogP contribution in [0.3, 0.4) is 0 Å². The van der Waals surface area contributed by atoms with Crippen molar-refractivity contribution in [3.63, 3.8) is 0 Å². The standard InChI is InChI=1S/C17H24N4O3S/c1-10-6-7-11-12(9-10)25-15(18-11)19-13(22)5-4-8-21-14(23)17(2,3)20-16(21)24/h10H,4-9H2,1-3H3,(H,20,24)(H,18,19,22). The van der Waals surface area contributed by atoms with Crippen molar-refractivity contribution in [2.75, 3.05) is 11.9 Å². The Bertz CT molecular complexity index is 713. The van der Waals surface area contributed by atoms with Gasteiger partial charge in [0.25, 0.3) is 5.91 Å². The predicted octanol–water partition coefficient (Wildman–Crippen LogP) is 2.32. The predicted molar refractivity (Wildman–Crippen MR) is 95.5 cm³/mol. The number of hydrogen-bond donors (Lipinski definition) is 2. The van der Waals surface area contributed by atoms with Gasteiger partial charge in [0.2, 0.25) is 5.91 Å². The van der Waals surface area contributed by atoms with Crippen LogP contribution in [0, 0.1) is 5.92 Å². The number of aromatic nitrogens is 1. The zero-order chi connectivity index (χ0) is 18.2. The van der Waals surface area contributed by atoms with Gasteiger partial charge in [-0.1, -0.05) is 6.92 Å². The van der Waals surface area contributed by atoms with Gasteiger partial charge in [-0.2, -0.15) is 0 Å². The van der Waals surface area contributed by atoms with Gasteiger partial charge in [-0.3, -0.25) is 14.5 Å². The lowest BCUT2D eigenvalue weighted by Crippen LogP contribution is -2.40. The zero-order valence-electron chi connectivity index (χ0n) is 14.8. The van der Waals surface area contributed by atoms with Gasteiger partial charge in [-0.05, 0) is 45.4 Å². The molecule has 1 saturated heterocycles. The summed E-state index contributed by atoms with van der Waals surface area (Å²) in [6.07, 6.45) is 3.84. The van der Waals surface area contributed by atoms with Gasteiger partial charge < -0.3 is 10.6 Å². The molecule has 25 heavy (non-hydrogen) atoms. The SMILES string of the molecule is CC1CCc2nc(NC(=O)CCCN3C(=O)NC(C)(C)C3=O)sc2C1. The van der Waals surface area contributed by atoms with E-state index in [0.29, 0.717) is 17.5 Å². The van der Waals surface area contributed by atoms with E-state index in [0.717, 1.165) is 25.0 Å². The van der Waals surface area contributed by atoms with Crippen LogP contribution in [0.2, 0.25) is 0 Å². The molecule has 8 heteroatoms. The lowest BCUT2D eigenvalue weighted by Gasteiger charge is -2.15. The molecule has 4 amide bonds. The monoisotopic (exact) mass is 364 g/mol. The van der Waals surface area contributed by atoms with E-state index in [-0.39, 0.29) is 24.8 Å². The summed E-state index contributed by atoms with van der Waals surface area (Å²) < 4.78 is 0. The highest BCUT2D eigenvalue weighted by Crippen LogP contribution is 2.32. The van der Waals surface area contributed by atoms with Crippen LogP contribution in [0.15, 0.2) is 0 Å². The maximum absolute atomic E-state index is 12.1. The number of thiazole rings is 1. The second-order valence-corrected chi connectivity index (χ2v) is 8.48. The Morgan fingerprint density at radius 1 is 1.44 bits per heavy atom. The quantitative estimate of drug-likeness (QED) is 0.785. The summed E-state index contributed by atoms with van der Waals surface area (Å²) >= 11 is 1.56. The third-order valence-electron chi connectivity index (χ3n) is 4.66. The molecule has 1 aliphatic carbocycles. The first kappa shape index (κ1) is 17.8. The lowest BCUT2D eigenvalue weighted by atomic mass is 9.93. The first-order valence-corrected chi connectivity index (χ1v) is 9.50. The Balaban J connectivity index is 1.48. The lowest BCUT2D eigenvalue weighted by molar-refractivity contribution is -0.130. The highest BCUT2D eigenvalue weighted by atomic mass is 32.1. The second-order valence-electron chi connectivity index (χ2n) is 7.40. The molecule has 136 valence electrons. The number of imide groups is 1. The number of nitrogens with one attached hydrogen (secondary N) is 2. The van der Waals surface area contributed by atoms with Crippen molar-refractivity contribution in [3.05, 3.63) is 10.6 Å². The molecule has 0 saturated carbocycles. The molecule has 1 aromatic heterocycles. The summed E-state index contributed by atoms with van der Waals surface area (Å²) in [5.41, 5.74) is 0.246. The van der Waals surface area contributed by atoms with Crippen LogP contribution >= 0.6 is 11.3 Å².